The molecule has 0 aliphatic carbocycles. The molecule has 0 radical (unpaired) electrons. The minimum atomic E-state index is 0.410. The van der Waals surface area contributed by atoms with E-state index in [1.54, 1.807) is 7.11 Å². The first kappa shape index (κ1) is 15.5. The molecule has 1 aromatic rings. The van der Waals surface area contributed by atoms with E-state index in [1.807, 2.05) is 6.07 Å². The van der Waals surface area contributed by atoms with Gasteiger partial charge in [0.2, 0.25) is 0 Å². The van der Waals surface area contributed by atoms with Gasteiger partial charge in [-0.3, -0.25) is 0 Å². The summed E-state index contributed by atoms with van der Waals surface area (Å²) in [6.45, 7) is 6.03. The third-order valence-electron chi connectivity index (χ3n) is 3.02. The second kappa shape index (κ2) is 8.52. The van der Waals surface area contributed by atoms with Crippen molar-refractivity contribution in [3.05, 3.63) is 34.3 Å². The molecule has 1 N–H and O–H groups in total. The number of hydrogen-bond donors (Lipinski definition) is 1. The van der Waals surface area contributed by atoms with Crippen molar-refractivity contribution >= 4 is 11.6 Å². The normalized spacial score (nSPS) is 12.7. The van der Waals surface area contributed by atoms with Crippen LogP contribution in [0.3, 0.4) is 0 Å². The van der Waals surface area contributed by atoms with Crippen LogP contribution >= 0.6 is 11.6 Å². The lowest BCUT2D eigenvalue weighted by Crippen LogP contribution is -2.34. The zero-order chi connectivity index (χ0) is 13.4. The van der Waals surface area contributed by atoms with Crippen LogP contribution in [-0.2, 0) is 11.2 Å². The summed E-state index contributed by atoms with van der Waals surface area (Å²) in [6.07, 6.45) is 3.19. The maximum absolute atomic E-state index is 6.24. The Kier molecular flexibility index (Phi) is 7.33. The standard InChI is InChI=1S/C15H24ClNO/c1-4-9-17-14(11-18-3)8-7-13-6-5-12(2)10-15(13)16/h5-6,10,14,17H,4,7-9,11H2,1-3H3. The Morgan fingerprint density at radius 3 is 2.78 bits per heavy atom. The van der Waals surface area contributed by atoms with Crippen molar-refractivity contribution in [3.8, 4) is 0 Å². The first-order valence-corrected chi connectivity index (χ1v) is 7.02. The topological polar surface area (TPSA) is 21.3 Å². The van der Waals surface area contributed by atoms with E-state index in [0.29, 0.717) is 6.04 Å². The van der Waals surface area contributed by atoms with Crippen molar-refractivity contribution in [3.63, 3.8) is 0 Å². The van der Waals surface area contributed by atoms with Gasteiger partial charge in [-0.15, -0.1) is 0 Å². The summed E-state index contributed by atoms with van der Waals surface area (Å²) in [4.78, 5) is 0. The van der Waals surface area contributed by atoms with E-state index in [1.165, 1.54) is 11.1 Å². The van der Waals surface area contributed by atoms with Gasteiger partial charge in [0.1, 0.15) is 0 Å². The number of hydrogen-bond acceptors (Lipinski definition) is 2. The molecule has 102 valence electrons. The monoisotopic (exact) mass is 269 g/mol. The Labute approximate surface area is 116 Å². The van der Waals surface area contributed by atoms with E-state index in [9.17, 15) is 0 Å². The zero-order valence-electron chi connectivity index (χ0n) is 11.6. The quantitative estimate of drug-likeness (QED) is 0.779. The number of nitrogens with one attached hydrogen (secondary N) is 1. The Hall–Kier alpha value is -0.570. The molecule has 2 nitrogen and oxygen atoms in total. The van der Waals surface area contributed by atoms with Gasteiger partial charge in [0.15, 0.2) is 0 Å². The zero-order valence-corrected chi connectivity index (χ0v) is 12.4. The summed E-state index contributed by atoms with van der Waals surface area (Å²) in [5.74, 6) is 0. The largest absolute Gasteiger partial charge is 0.383 e. The summed E-state index contributed by atoms with van der Waals surface area (Å²) in [6, 6.07) is 6.68. The summed E-state index contributed by atoms with van der Waals surface area (Å²) >= 11 is 6.24. The molecule has 0 amide bonds. The van der Waals surface area contributed by atoms with Crippen LogP contribution in [0.15, 0.2) is 18.2 Å². The highest BCUT2D eigenvalue weighted by Gasteiger charge is 2.09. The van der Waals surface area contributed by atoms with Gasteiger partial charge in [0.05, 0.1) is 6.61 Å². The minimum absolute atomic E-state index is 0.410. The lowest BCUT2D eigenvalue weighted by molar-refractivity contribution is 0.162. The molecule has 3 heteroatoms. The molecule has 0 heterocycles. The molecule has 0 aliphatic heterocycles. The van der Waals surface area contributed by atoms with Gasteiger partial charge in [-0.1, -0.05) is 30.7 Å². The number of ether oxygens (including phenoxy) is 1. The molecular formula is C15H24ClNO. The predicted molar refractivity (Wildman–Crippen MR) is 78.5 cm³/mol. The molecule has 0 saturated heterocycles. The van der Waals surface area contributed by atoms with Crippen LogP contribution in [0.5, 0.6) is 0 Å². The molecule has 0 bridgehead atoms. The van der Waals surface area contributed by atoms with Gasteiger partial charge in [-0.2, -0.15) is 0 Å². The fraction of sp³-hybridized carbons (Fsp3) is 0.600. The molecule has 1 rings (SSSR count). The predicted octanol–water partition coefficient (Wildman–Crippen LogP) is 3.60. The summed E-state index contributed by atoms with van der Waals surface area (Å²) in [5, 5.41) is 4.38. The second-order valence-corrected chi connectivity index (χ2v) is 5.15. The molecule has 1 unspecified atom stereocenters. The average Bonchev–Trinajstić information content (AvgIpc) is 2.34. The highest BCUT2D eigenvalue weighted by Crippen LogP contribution is 2.19. The third kappa shape index (κ3) is 5.38. The highest BCUT2D eigenvalue weighted by atomic mass is 35.5. The first-order valence-electron chi connectivity index (χ1n) is 6.64. The van der Waals surface area contributed by atoms with Crippen molar-refractivity contribution in [2.75, 3.05) is 20.3 Å². The Balaban J connectivity index is 2.49. The molecule has 1 aromatic carbocycles. The number of benzene rings is 1. The maximum Gasteiger partial charge on any atom is 0.0615 e. The van der Waals surface area contributed by atoms with Gasteiger partial charge in [0.25, 0.3) is 0 Å². The molecule has 0 spiro atoms. The number of methoxy groups -OCH3 is 1. The first-order chi connectivity index (χ1) is 8.67. The van der Waals surface area contributed by atoms with E-state index >= 15 is 0 Å². The second-order valence-electron chi connectivity index (χ2n) is 4.74. The van der Waals surface area contributed by atoms with Crippen LogP contribution in [0.4, 0.5) is 0 Å². The van der Waals surface area contributed by atoms with Crippen LogP contribution in [0.1, 0.15) is 30.9 Å². The Morgan fingerprint density at radius 1 is 1.39 bits per heavy atom. The summed E-state index contributed by atoms with van der Waals surface area (Å²) in [5.41, 5.74) is 2.43. The Bertz CT molecular complexity index is 354. The molecule has 0 fully saturated rings. The molecule has 18 heavy (non-hydrogen) atoms. The van der Waals surface area contributed by atoms with Crippen LogP contribution < -0.4 is 5.32 Å². The lowest BCUT2D eigenvalue weighted by Gasteiger charge is -2.18. The van der Waals surface area contributed by atoms with Gasteiger partial charge in [0, 0.05) is 18.2 Å². The molecule has 0 aliphatic rings. The summed E-state index contributed by atoms with van der Waals surface area (Å²) < 4.78 is 5.24. The fourth-order valence-corrected chi connectivity index (χ4v) is 2.31. The molecule has 1 atom stereocenters. The SMILES string of the molecule is CCCNC(CCc1ccc(C)cc1Cl)COC. The van der Waals surface area contributed by atoms with E-state index < -0.39 is 0 Å². The molecular weight excluding hydrogens is 246 g/mol. The van der Waals surface area contributed by atoms with E-state index in [2.05, 4.69) is 31.3 Å². The van der Waals surface area contributed by atoms with Crippen LogP contribution in [0, 0.1) is 6.92 Å². The van der Waals surface area contributed by atoms with Crippen molar-refractivity contribution in [2.45, 2.75) is 39.2 Å². The highest BCUT2D eigenvalue weighted by molar-refractivity contribution is 6.31. The van der Waals surface area contributed by atoms with E-state index in [0.717, 1.165) is 37.4 Å². The third-order valence-corrected chi connectivity index (χ3v) is 3.37. The number of aryl methyl sites for hydroxylation is 2. The van der Waals surface area contributed by atoms with Crippen molar-refractivity contribution < 1.29 is 4.74 Å². The average molecular weight is 270 g/mol. The van der Waals surface area contributed by atoms with Gasteiger partial charge in [-0.25, -0.2) is 0 Å². The molecule has 0 saturated carbocycles. The van der Waals surface area contributed by atoms with Crippen LogP contribution in [0.2, 0.25) is 5.02 Å². The minimum Gasteiger partial charge on any atom is -0.383 e. The van der Waals surface area contributed by atoms with Gasteiger partial charge >= 0.3 is 0 Å². The fourth-order valence-electron chi connectivity index (χ4n) is 1.98. The van der Waals surface area contributed by atoms with Gasteiger partial charge < -0.3 is 10.1 Å². The van der Waals surface area contributed by atoms with E-state index in [-0.39, 0.29) is 0 Å². The summed E-state index contributed by atoms with van der Waals surface area (Å²) in [7, 11) is 1.75. The smallest absolute Gasteiger partial charge is 0.0615 e. The number of halogens is 1. The van der Waals surface area contributed by atoms with Crippen molar-refractivity contribution in [1.82, 2.24) is 5.32 Å². The maximum atomic E-state index is 6.24. The Morgan fingerprint density at radius 2 is 2.17 bits per heavy atom. The van der Waals surface area contributed by atoms with Gasteiger partial charge in [-0.05, 0) is 49.9 Å². The van der Waals surface area contributed by atoms with E-state index in [4.69, 9.17) is 16.3 Å². The van der Waals surface area contributed by atoms with Crippen molar-refractivity contribution in [2.24, 2.45) is 0 Å². The number of rotatable bonds is 8. The van der Waals surface area contributed by atoms with Crippen LogP contribution in [0.25, 0.3) is 0 Å². The van der Waals surface area contributed by atoms with Crippen molar-refractivity contribution in [1.29, 1.82) is 0 Å². The van der Waals surface area contributed by atoms with Crippen LogP contribution in [-0.4, -0.2) is 26.3 Å². The molecule has 0 aromatic heterocycles. The lowest BCUT2D eigenvalue weighted by atomic mass is 10.0.